The summed E-state index contributed by atoms with van der Waals surface area (Å²) in [5, 5.41) is 5.51. The normalized spacial score (nSPS) is 10.2. The van der Waals surface area contributed by atoms with Gasteiger partial charge in [-0.1, -0.05) is 4.49 Å². The zero-order chi connectivity index (χ0) is 9.26. The smallest absolute Gasteiger partial charge is 0.284 e. The molecule has 2 heterocycles. The quantitative estimate of drug-likeness (QED) is 0.771. The van der Waals surface area contributed by atoms with Crippen LogP contribution in [0.3, 0.4) is 0 Å². The Hall–Kier alpha value is -1.69. The first-order valence-electron chi connectivity index (χ1n) is 3.44. The van der Waals surface area contributed by atoms with Crippen molar-refractivity contribution >= 4 is 17.4 Å². The minimum Gasteiger partial charge on any atom is -0.449 e. The van der Waals surface area contributed by atoms with Crippen molar-refractivity contribution in [3.8, 4) is 11.5 Å². The van der Waals surface area contributed by atoms with E-state index in [1.54, 1.807) is 11.4 Å². The Morgan fingerprint density at radius 3 is 2.92 bits per heavy atom. The molecule has 0 atom stereocenters. The molecule has 2 aromatic rings. The second kappa shape index (κ2) is 2.98. The molecule has 66 valence electrons. The maximum atomic E-state index is 10.7. The van der Waals surface area contributed by atoms with Crippen LogP contribution in [-0.2, 0) is 0 Å². The summed E-state index contributed by atoms with van der Waals surface area (Å²) in [7, 11) is 0. The van der Waals surface area contributed by atoms with Crippen LogP contribution >= 0.6 is 11.5 Å². The fraction of sp³-hybridized carbons (Fsp3) is 0. The van der Waals surface area contributed by atoms with Gasteiger partial charge in [-0.25, -0.2) is 0 Å². The average molecular weight is 195 g/mol. The van der Waals surface area contributed by atoms with Crippen LogP contribution < -0.4 is 5.73 Å². The molecule has 2 rings (SSSR count). The van der Waals surface area contributed by atoms with Crippen molar-refractivity contribution in [1.82, 2.24) is 9.59 Å². The number of nitrogens with zero attached hydrogens (tertiary/aromatic N) is 2. The maximum absolute atomic E-state index is 10.7. The summed E-state index contributed by atoms with van der Waals surface area (Å²) < 4.78 is 8.79. The molecule has 0 aromatic carbocycles. The van der Waals surface area contributed by atoms with Crippen molar-refractivity contribution in [3.05, 3.63) is 23.3 Å². The molecule has 0 spiro atoms. The molecule has 0 bridgehead atoms. The van der Waals surface area contributed by atoms with E-state index in [9.17, 15) is 4.79 Å². The molecule has 0 fully saturated rings. The fourth-order valence-corrected chi connectivity index (χ4v) is 1.33. The molecular weight excluding hydrogens is 190 g/mol. The Bertz CT molecular complexity index is 421. The first kappa shape index (κ1) is 7.93. The van der Waals surface area contributed by atoms with Crippen molar-refractivity contribution in [2.24, 2.45) is 5.73 Å². The van der Waals surface area contributed by atoms with E-state index >= 15 is 0 Å². The van der Waals surface area contributed by atoms with E-state index in [1.165, 1.54) is 17.6 Å². The standard InChI is InChI=1S/C7H5N3O2S/c8-7(11)6-2-1-5(12-6)4-3-13-10-9-4/h1-3H,(H2,8,11). The zero-order valence-corrected chi connectivity index (χ0v) is 7.25. The number of furan rings is 1. The molecule has 6 heteroatoms. The van der Waals surface area contributed by atoms with E-state index in [1.807, 2.05) is 0 Å². The Balaban J connectivity index is 2.39. The van der Waals surface area contributed by atoms with Crippen molar-refractivity contribution in [3.63, 3.8) is 0 Å². The van der Waals surface area contributed by atoms with Gasteiger partial charge in [0.15, 0.2) is 11.5 Å². The third-order valence-corrected chi connectivity index (χ3v) is 1.97. The third-order valence-electron chi connectivity index (χ3n) is 1.46. The number of nitrogens with two attached hydrogens (primary N) is 1. The van der Waals surface area contributed by atoms with Gasteiger partial charge in [-0.05, 0) is 23.7 Å². The summed E-state index contributed by atoms with van der Waals surface area (Å²) in [6, 6.07) is 3.15. The van der Waals surface area contributed by atoms with E-state index in [0.717, 1.165) is 0 Å². The summed E-state index contributed by atoms with van der Waals surface area (Å²) in [5.41, 5.74) is 5.62. The molecule has 5 nitrogen and oxygen atoms in total. The highest BCUT2D eigenvalue weighted by atomic mass is 32.1. The molecule has 13 heavy (non-hydrogen) atoms. The largest absolute Gasteiger partial charge is 0.449 e. The Labute approximate surface area is 77.3 Å². The lowest BCUT2D eigenvalue weighted by Gasteiger charge is -1.87. The van der Waals surface area contributed by atoms with Crippen LogP contribution in [-0.4, -0.2) is 15.5 Å². The van der Waals surface area contributed by atoms with E-state index in [4.69, 9.17) is 10.2 Å². The summed E-state index contributed by atoms with van der Waals surface area (Å²) in [5.74, 6) is 0.0417. The molecule has 0 aliphatic rings. The third kappa shape index (κ3) is 1.43. The summed E-state index contributed by atoms with van der Waals surface area (Å²) in [6.07, 6.45) is 0. The van der Waals surface area contributed by atoms with Crippen LogP contribution in [0.4, 0.5) is 0 Å². The molecule has 1 amide bonds. The highest BCUT2D eigenvalue weighted by Gasteiger charge is 2.09. The number of amides is 1. The van der Waals surface area contributed by atoms with E-state index in [2.05, 4.69) is 9.59 Å². The molecule has 0 saturated heterocycles. The second-order valence-electron chi connectivity index (χ2n) is 2.32. The van der Waals surface area contributed by atoms with Crippen LogP contribution in [0.15, 0.2) is 21.9 Å². The first-order chi connectivity index (χ1) is 6.27. The lowest BCUT2D eigenvalue weighted by molar-refractivity contribution is 0.0974. The van der Waals surface area contributed by atoms with Crippen molar-refractivity contribution in [2.45, 2.75) is 0 Å². The fourth-order valence-electron chi connectivity index (χ4n) is 0.880. The Morgan fingerprint density at radius 2 is 2.38 bits per heavy atom. The van der Waals surface area contributed by atoms with Crippen molar-refractivity contribution < 1.29 is 9.21 Å². The average Bonchev–Trinajstić information content (AvgIpc) is 2.75. The van der Waals surface area contributed by atoms with Crippen LogP contribution in [0, 0.1) is 0 Å². The Morgan fingerprint density at radius 1 is 1.54 bits per heavy atom. The highest BCUT2D eigenvalue weighted by molar-refractivity contribution is 7.03. The van der Waals surface area contributed by atoms with Gasteiger partial charge in [0.25, 0.3) is 5.91 Å². The van der Waals surface area contributed by atoms with Gasteiger partial charge in [0.05, 0.1) is 0 Å². The lowest BCUT2D eigenvalue weighted by Crippen LogP contribution is -2.09. The van der Waals surface area contributed by atoms with Gasteiger partial charge in [-0.2, -0.15) is 0 Å². The zero-order valence-electron chi connectivity index (χ0n) is 6.43. The number of aromatic nitrogens is 2. The van der Waals surface area contributed by atoms with Gasteiger partial charge in [0.2, 0.25) is 0 Å². The number of hydrogen-bond acceptors (Lipinski definition) is 5. The summed E-state index contributed by atoms with van der Waals surface area (Å²) >= 11 is 1.21. The van der Waals surface area contributed by atoms with Crippen LogP contribution in [0.5, 0.6) is 0 Å². The van der Waals surface area contributed by atoms with Gasteiger partial charge in [-0.15, -0.1) is 5.10 Å². The van der Waals surface area contributed by atoms with Crippen LogP contribution in [0.25, 0.3) is 11.5 Å². The molecule has 2 aromatic heterocycles. The monoisotopic (exact) mass is 195 g/mol. The van der Waals surface area contributed by atoms with Crippen molar-refractivity contribution in [1.29, 1.82) is 0 Å². The minimum atomic E-state index is -0.588. The Kier molecular flexibility index (Phi) is 1.82. The maximum Gasteiger partial charge on any atom is 0.284 e. The SMILES string of the molecule is NC(=O)c1ccc(-c2csnn2)o1. The number of rotatable bonds is 2. The molecule has 0 saturated carbocycles. The predicted molar refractivity (Wildman–Crippen MR) is 46.1 cm³/mol. The summed E-state index contributed by atoms with van der Waals surface area (Å²) in [6.45, 7) is 0. The van der Waals surface area contributed by atoms with Crippen LogP contribution in [0.1, 0.15) is 10.6 Å². The van der Waals surface area contributed by atoms with Gasteiger partial charge in [0, 0.05) is 5.38 Å². The van der Waals surface area contributed by atoms with Crippen molar-refractivity contribution in [2.75, 3.05) is 0 Å². The topological polar surface area (TPSA) is 82.0 Å². The first-order valence-corrected chi connectivity index (χ1v) is 4.28. The van der Waals surface area contributed by atoms with Gasteiger partial charge < -0.3 is 10.2 Å². The van der Waals surface area contributed by atoms with Crippen LogP contribution in [0.2, 0.25) is 0 Å². The minimum absolute atomic E-state index is 0.128. The predicted octanol–water partition coefficient (Wildman–Crippen LogP) is 0.897. The second-order valence-corrected chi connectivity index (χ2v) is 2.93. The van der Waals surface area contributed by atoms with Gasteiger partial charge in [0.1, 0.15) is 5.69 Å². The highest BCUT2D eigenvalue weighted by Crippen LogP contribution is 2.20. The van der Waals surface area contributed by atoms with Gasteiger partial charge in [-0.3, -0.25) is 4.79 Å². The van der Waals surface area contributed by atoms with E-state index in [-0.39, 0.29) is 5.76 Å². The number of carbonyl (C=O) groups excluding carboxylic acids is 1. The number of carbonyl (C=O) groups is 1. The molecular formula is C7H5N3O2S. The number of primary amides is 1. The van der Waals surface area contributed by atoms with E-state index < -0.39 is 5.91 Å². The molecule has 0 aliphatic carbocycles. The van der Waals surface area contributed by atoms with Gasteiger partial charge >= 0.3 is 0 Å². The molecule has 0 radical (unpaired) electrons. The lowest BCUT2D eigenvalue weighted by atomic mass is 10.3. The summed E-state index contributed by atoms with van der Waals surface area (Å²) in [4.78, 5) is 10.7. The van der Waals surface area contributed by atoms with E-state index in [0.29, 0.717) is 11.5 Å². The molecule has 0 unspecified atom stereocenters. The molecule has 0 aliphatic heterocycles. The number of hydrogen-bond donors (Lipinski definition) is 1. The molecule has 2 N–H and O–H groups in total.